The maximum atomic E-state index is 3.95. The summed E-state index contributed by atoms with van der Waals surface area (Å²) in [6, 6.07) is 0. The minimum atomic E-state index is -0.0330. The molecule has 0 heteroatoms. The number of hydrogen-bond acceptors (Lipinski definition) is 0. The summed E-state index contributed by atoms with van der Waals surface area (Å²) in [5.41, 5.74) is -0.0660. The van der Waals surface area contributed by atoms with Crippen molar-refractivity contribution >= 4 is 0 Å². The van der Waals surface area contributed by atoms with Gasteiger partial charge in [0.1, 0.15) is 0 Å². The van der Waals surface area contributed by atoms with Crippen LogP contribution in [0.3, 0.4) is 0 Å². The van der Waals surface area contributed by atoms with E-state index in [9.17, 15) is 0 Å². The smallest absolute Gasteiger partial charge is 0.0181 e. The Balaban J connectivity index is 3.21. The van der Waals surface area contributed by atoms with Gasteiger partial charge in [-0.1, -0.05) is 37.1 Å². The fraction of sp³-hybridized carbons (Fsp3) is 0.429. The van der Waals surface area contributed by atoms with Crippen molar-refractivity contribution in [2.24, 2.45) is 10.8 Å². The van der Waals surface area contributed by atoms with Crippen molar-refractivity contribution in [3.8, 4) is 0 Å². The fourth-order valence-electron chi connectivity index (χ4n) is 2.64. The first kappa shape index (κ1) is 11.0. The molecule has 0 heterocycles. The molecule has 0 aliphatic heterocycles. The summed E-state index contributed by atoms with van der Waals surface area (Å²) in [7, 11) is 0. The summed E-state index contributed by atoms with van der Waals surface area (Å²) in [6.07, 6.45) is 12.8. The SMILES string of the molecule is C=CC1(C=C)CCCCC1(C=C)C=C. The maximum absolute atomic E-state index is 3.95. The summed E-state index contributed by atoms with van der Waals surface area (Å²) < 4.78 is 0. The Morgan fingerprint density at radius 2 is 0.929 bits per heavy atom. The van der Waals surface area contributed by atoms with Crippen molar-refractivity contribution in [2.45, 2.75) is 25.7 Å². The third-order valence-electron chi connectivity index (χ3n) is 3.75. The van der Waals surface area contributed by atoms with E-state index < -0.39 is 0 Å². The Morgan fingerprint density at radius 1 is 0.643 bits per heavy atom. The number of allylic oxidation sites excluding steroid dienone is 4. The van der Waals surface area contributed by atoms with Crippen molar-refractivity contribution in [3.63, 3.8) is 0 Å². The third-order valence-corrected chi connectivity index (χ3v) is 3.75. The maximum Gasteiger partial charge on any atom is 0.0181 e. The van der Waals surface area contributed by atoms with Gasteiger partial charge in [-0.2, -0.15) is 0 Å². The van der Waals surface area contributed by atoms with Gasteiger partial charge in [0.2, 0.25) is 0 Å². The van der Waals surface area contributed by atoms with Gasteiger partial charge in [-0.15, -0.1) is 26.3 Å². The van der Waals surface area contributed by atoms with Gasteiger partial charge >= 0.3 is 0 Å². The van der Waals surface area contributed by atoms with Crippen LogP contribution in [0.25, 0.3) is 0 Å². The van der Waals surface area contributed by atoms with Gasteiger partial charge in [-0.3, -0.25) is 0 Å². The zero-order valence-electron chi connectivity index (χ0n) is 8.97. The minimum Gasteiger partial charge on any atom is -0.102 e. The molecular weight excluding hydrogens is 168 g/mol. The van der Waals surface area contributed by atoms with Crippen LogP contribution in [0.4, 0.5) is 0 Å². The third kappa shape index (κ3) is 1.30. The average molecular weight is 188 g/mol. The van der Waals surface area contributed by atoms with Crippen LogP contribution in [0, 0.1) is 10.8 Å². The lowest BCUT2D eigenvalue weighted by atomic mass is 9.56. The molecule has 0 atom stereocenters. The highest BCUT2D eigenvalue weighted by Gasteiger charge is 2.44. The Hall–Kier alpha value is -1.04. The molecule has 1 aliphatic carbocycles. The lowest BCUT2D eigenvalue weighted by molar-refractivity contribution is 0.174. The molecule has 0 spiro atoms. The van der Waals surface area contributed by atoms with E-state index in [0.29, 0.717) is 0 Å². The lowest BCUT2D eigenvalue weighted by Gasteiger charge is -2.47. The largest absolute Gasteiger partial charge is 0.102 e. The van der Waals surface area contributed by atoms with Crippen LogP contribution in [0.2, 0.25) is 0 Å². The van der Waals surface area contributed by atoms with Crippen molar-refractivity contribution in [2.75, 3.05) is 0 Å². The minimum absolute atomic E-state index is 0.0330. The molecular formula is C14H20. The second kappa shape index (κ2) is 4.00. The number of hydrogen-bond donors (Lipinski definition) is 0. The zero-order chi connectivity index (χ0) is 10.7. The quantitative estimate of drug-likeness (QED) is 0.578. The lowest BCUT2D eigenvalue weighted by Crippen LogP contribution is -2.38. The highest BCUT2D eigenvalue weighted by atomic mass is 14.5. The van der Waals surface area contributed by atoms with Crippen LogP contribution in [0.5, 0.6) is 0 Å². The molecule has 1 aliphatic rings. The predicted octanol–water partition coefficient (Wildman–Crippen LogP) is 4.28. The molecule has 14 heavy (non-hydrogen) atoms. The van der Waals surface area contributed by atoms with Crippen LogP contribution in [-0.4, -0.2) is 0 Å². The van der Waals surface area contributed by atoms with Crippen molar-refractivity contribution < 1.29 is 0 Å². The van der Waals surface area contributed by atoms with Gasteiger partial charge in [-0.25, -0.2) is 0 Å². The van der Waals surface area contributed by atoms with Gasteiger partial charge in [0.25, 0.3) is 0 Å². The van der Waals surface area contributed by atoms with Gasteiger partial charge in [-0.05, 0) is 12.8 Å². The van der Waals surface area contributed by atoms with E-state index in [-0.39, 0.29) is 10.8 Å². The average Bonchev–Trinajstić information content (AvgIpc) is 2.28. The first-order chi connectivity index (χ1) is 6.70. The van der Waals surface area contributed by atoms with Crippen LogP contribution in [0.15, 0.2) is 50.6 Å². The van der Waals surface area contributed by atoms with Crippen LogP contribution in [-0.2, 0) is 0 Å². The van der Waals surface area contributed by atoms with E-state index in [1.54, 1.807) is 0 Å². The second-order valence-electron chi connectivity index (χ2n) is 4.10. The standard InChI is InChI=1S/C14H20/c1-5-13(6-2)11-9-10-12-14(13,7-3)8-4/h5-8H,1-4,9-12H2. The van der Waals surface area contributed by atoms with E-state index >= 15 is 0 Å². The Morgan fingerprint density at radius 3 is 1.14 bits per heavy atom. The highest BCUT2D eigenvalue weighted by Crippen LogP contribution is 2.53. The van der Waals surface area contributed by atoms with E-state index in [1.807, 2.05) is 24.3 Å². The molecule has 1 rings (SSSR count). The van der Waals surface area contributed by atoms with E-state index in [1.165, 1.54) is 12.8 Å². The molecule has 0 aromatic heterocycles. The molecule has 0 nitrogen and oxygen atoms in total. The number of rotatable bonds is 4. The molecule has 1 saturated carbocycles. The predicted molar refractivity (Wildman–Crippen MR) is 64.1 cm³/mol. The molecule has 1 fully saturated rings. The van der Waals surface area contributed by atoms with Crippen LogP contribution < -0.4 is 0 Å². The van der Waals surface area contributed by atoms with Crippen molar-refractivity contribution in [3.05, 3.63) is 50.6 Å². The summed E-state index contributed by atoms with van der Waals surface area (Å²) in [6.45, 7) is 15.8. The van der Waals surface area contributed by atoms with E-state index in [0.717, 1.165) is 12.8 Å². The normalized spacial score (nSPS) is 23.4. The summed E-state index contributed by atoms with van der Waals surface area (Å²) in [5.74, 6) is 0. The molecule has 0 saturated heterocycles. The Bertz CT molecular complexity index is 213. The zero-order valence-corrected chi connectivity index (χ0v) is 8.97. The topological polar surface area (TPSA) is 0 Å². The molecule has 0 bridgehead atoms. The second-order valence-corrected chi connectivity index (χ2v) is 4.10. The van der Waals surface area contributed by atoms with Gasteiger partial charge in [0.15, 0.2) is 0 Å². The van der Waals surface area contributed by atoms with Crippen molar-refractivity contribution in [1.82, 2.24) is 0 Å². The van der Waals surface area contributed by atoms with E-state index in [2.05, 4.69) is 26.3 Å². The molecule has 0 aromatic carbocycles. The van der Waals surface area contributed by atoms with Gasteiger partial charge in [0, 0.05) is 10.8 Å². The highest BCUT2D eigenvalue weighted by molar-refractivity contribution is 5.27. The molecule has 0 N–H and O–H groups in total. The molecule has 76 valence electrons. The molecule has 0 unspecified atom stereocenters. The molecule has 0 amide bonds. The van der Waals surface area contributed by atoms with Crippen LogP contribution >= 0.6 is 0 Å². The summed E-state index contributed by atoms with van der Waals surface area (Å²) in [5, 5.41) is 0. The van der Waals surface area contributed by atoms with Gasteiger partial charge in [0.05, 0.1) is 0 Å². The monoisotopic (exact) mass is 188 g/mol. The van der Waals surface area contributed by atoms with Gasteiger partial charge < -0.3 is 0 Å². The van der Waals surface area contributed by atoms with E-state index in [4.69, 9.17) is 0 Å². The Kier molecular flexibility index (Phi) is 3.15. The first-order valence-corrected chi connectivity index (χ1v) is 5.24. The molecule has 0 radical (unpaired) electrons. The molecule has 0 aromatic rings. The summed E-state index contributed by atoms with van der Waals surface area (Å²) >= 11 is 0. The van der Waals surface area contributed by atoms with Crippen molar-refractivity contribution in [1.29, 1.82) is 0 Å². The fourth-order valence-corrected chi connectivity index (χ4v) is 2.64. The summed E-state index contributed by atoms with van der Waals surface area (Å²) in [4.78, 5) is 0. The van der Waals surface area contributed by atoms with Crippen LogP contribution in [0.1, 0.15) is 25.7 Å². The first-order valence-electron chi connectivity index (χ1n) is 5.24. The Labute approximate surface area is 87.7 Å².